The zero-order chi connectivity index (χ0) is 24.2. The first-order valence-corrected chi connectivity index (χ1v) is 11.7. The molecule has 176 valence electrons. The molecule has 0 unspecified atom stereocenters. The molecular formula is C25H25N3O5S. The first kappa shape index (κ1) is 23.4. The van der Waals surface area contributed by atoms with E-state index in [2.05, 4.69) is 10.3 Å². The number of carbonyl (C=O) groups excluding carboxylic acids is 3. The van der Waals surface area contributed by atoms with Crippen LogP contribution in [0, 0.1) is 0 Å². The van der Waals surface area contributed by atoms with E-state index < -0.39 is 12.0 Å². The van der Waals surface area contributed by atoms with Gasteiger partial charge in [0.25, 0.3) is 5.91 Å². The molecule has 0 spiro atoms. The number of hydrogen-bond acceptors (Lipinski definition) is 7. The number of hydrogen-bond donors (Lipinski definition) is 1. The summed E-state index contributed by atoms with van der Waals surface area (Å²) in [5.74, 6) is -0.778. The minimum Gasteiger partial charge on any atom is -0.497 e. The van der Waals surface area contributed by atoms with Gasteiger partial charge in [-0.3, -0.25) is 14.4 Å². The lowest BCUT2D eigenvalue weighted by Gasteiger charge is -2.39. The second kappa shape index (κ2) is 10.0. The van der Waals surface area contributed by atoms with Crippen molar-refractivity contribution in [3.63, 3.8) is 0 Å². The van der Waals surface area contributed by atoms with Crippen molar-refractivity contribution < 1.29 is 23.9 Å². The second-order valence-electron chi connectivity index (χ2n) is 7.81. The number of methoxy groups -OCH3 is 1. The van der Waals surface area contributed by atoms with Crippen LogP contribution in [0.15, 0.2) is 53.9 Å². The molecule has 1 aliphatic rings. The fourth-order valence-electron chi connectivity index (χ4n) is 4.16. The zero-order valence-corrected chi connectivity index (χ0v) is 19.9. The number of thiazole rings is 1. The average molecular weight is 480 g/mol. The molecule has 1 aromatic heterocycles. The zero-order valence-electron chi connectivity index (χ0n) is 19.1. The van der Waals surface area contributed by atoms with Gasteiger partial charge in [0.15, 0.2) is 5.13 Å². The molecular weight excluding hydrogens is 454 g/mol. The number of anilines is 1. The lowest BCUT2D eigenvalue weighted by Crippen LogP contribution is -2.44. The van der Waals surface area contributed by atoms with Crippen LogP contribution in [0.25, 0.3) is 0 Å². The summed E-state index contributed by atoms with van der Waals surface area (Å²) in [5, 5.41) is 4.99. The fraction of sp³-hybridized carbons (Fsp3) is 0.280. The third-order valence-corrected chi connectivity index (χ3v) is 6.54. The molecule has 9 heteroatoms. The van der Waals surface area contributed by atoms with Crippen LogP contribution in [0.2, 0.25) is 0 Å². The van der Waals surface area contributed by atoms with Gasteiger partial charge in [-0.05, 0) is 36.2 Å². The minimum atomic E-state index is -0.662. The van der Waals surface area contributed by atoms with Gasteiger partial charge >= 0.3 is 5.97 Å². The molecule has 2 heterocycles. The number of carbonyl (C=O) groups is 3. The summed E-state index contributed by atoms with van der Waals surface area (Å²) in [7, 11) is 3.29. The summed E-state index contributed by atoms with van der Waals surface area (Å²) in [6.07, 6.45) is 0.0399. The van der Waals surface area contributed by atoms with Crippen LogP contribution in [0.4, 0.5) is 5.13 Å². The van der Waals surface area contributed by atoms with Gasteiger partial charge in [0.1, 0.15) is 5.75 Å². The van der Waals surface area contributed by atoms with Crippen LogP contribution >= 0.6 is 11.3 Å². The van der Waals surface area contributed by atoms with Crippen molar-refractivity contribution in [2.24, 2.45) is 0 Å². The van der Waals surface area contributed by atoms with Crippen molar-refractivity contribution in [3.8, 4) is 5.75 Å². The van der Waals surface area contributed by atoms with Gasteiger partial charge in [-0.15, -0.1) is 11.3 Å². The number of esters is 1. The van der Waals surface area contributed by atoms with Crippen molar-refractivity contribution in [2.45, 2.75) is 25.3 Å². The van der Waals surface area contributed by atoms with Crippen molar-refractivity contribution in [1.29, 1.82) is 0 Å². The number of nitrogens with zero attached hydrogens (tertiary/aromatic N) is 2. The Balaban J connectivity index is 1.66. The number of amides is 2. The Kier molecular flexibility index (Phi) is 6.93. The van der Waals surface area contributed by atoms with Crippen molar-refractivity contribution in [1.82, 2.24) is 9.88 Å². The topological polar surface area (TPSA) is 97.8 Å². The highest BCUT2D eigenvalue weighted by Gasteiger charge is 2.42. The van der Waals surface area contributed by atoms with Crippen LogP contribution in [-0.4, -0.2) is 48.4 Å². The van der Waals surface area contributed by atoms with E-state index in [4.69, 9.17) is 9.47 Å². The van der Waals surface area contributed by atoms with Gasteiger partial charge < -0.3 is 19.7 Å². The van der Waals surface area contributed by atoms with Crippen LogP contribution in [-0.2, 0) is 20.7 Å². The van der Waals surface area contributed by atoms with Gasteiger partial charge in [0, 0.05) is 18.0 Å². The summed E-state index contributed by atoms with van der Waals surface area (Å²) in [4.78, 5) is 44.5. The molecule has 3 aromatic rings. The first-order chi connectivity index (χ1) is 16.4. The van der Waals surface area contributed by atoms with Crippen LogP contribution in [0.5, 0.6) is 5.75 Å². The molecule has 0 aliphatic carbocycles. The number of benzene rings is 2. The van der Waals surface area contributed by atoms with E-state index in [1.165, 1.54) is 11.3 Å². The maximum absolute atomic E-state index is 13.6. The Hall–Kier alpha value is -3.72. The molecule has 8 nitrogen and oxygen atoms in total. The third kappa shape index (κ3) is 4.65. The van der Waals surface area contributed by atoms with E-state index in [1.807, 2.05) is 36.4 Å². The SMILES string of the molecule is CCOC(=O)Cc1csc(NC(=O)[C@H]2c3ccccc3C(=O)N(C)[C@H]2c2ccc(OC)cc2)n1. The van der Waals surface area contributed by atoms with Gasteiger partial charge in [-0.25, -0.2) is 4.98 Å². The largest absolute Gasteiger partial charge is 0.497 e. The Morgan fingerprint density at radius 1 is 1.15 bits per heavy atom. The Morgan fingerprint density at radius 3 is 2.59 bits per heavy atom. The summed E-state index contributed by atoms with van der Waals surface area (Å²) < 4.78 is 10.2. The standard InChI is InChI=1S/C25H25N3O5S/c1-4-33-20(29)13-16-14-34-25(26-16)27-23(30)21-18-7-5-6-8-19(18)24(31)28(2)22(21)15-9-11-17(32-3)12-10-15/h5-12,14,21-22H,4,13H2,1-3H3,(H,26,27,30)/t21-,22-/m0/s1. The van der Waals surface area contributed by atoms with E-state index in [0.717, 1.165) is 5.56 Å². The highest BCUT2D eigenvalue weighted by Crippen LogP contribution is 2.43. The maximum Gasteiger partial charge on any atom is 0.311 e. The molecule has 1 N–H and O–H groups in total. The molecule has 0 radical (unpaired) electrons. The predicted octanol–water partition coefficient (Wildman–Crippen LogP) is 3.81. The van der Waals surface area contributed by atoms with Crippen LogP contribution in [0.3, 0.4) is 0 Å². The number of likely N-dealkylation sites (N-methyl/N-ethyl adjacent to an activating group) is 1. The normalized spacial score (nSPS) is 17.1. The predicted molar refractivity (Wildman–Crippen MR) is 128 cm³/mol. The van der Waals surface area contributed by atoms with E-state index >= 15 is 0 Å². The third-order valence-electron chi connectivity index (χ3n) is 5.73. The molecule has 4 rings (SSSR count). The molecule has 2 atom stereocenters. The smallest absolute Gasteiger partial charge is 0.311 e. The lowest BCUT2D eigenvalue weighted by molar-refractivity contribution is -0.142. The van der Waals surface area contributed by atoms with Gasteiger partial charge in [0.05, 0.1) is 37.8 Å². The second-order valence-corrected chi connectivity index (χ2v) is 8.67. The highest BCUT2D eigenvalue weighted by atomic mass is 32.1. The number of aromatic nitrogens is 1. The molecule has 2 amide bonds. The van der Waals surface area contributed by atoms with Crippen molar-refractivity contribution in [2.75, 3.05) is 26.1 Å². The molecule has 0 fully saturated rings. The molecule has 0 saturated carbocycles. The quantitative estimate of drug-likeness (QED) is 0.518. The minimum absolute atomic E-state index is 0.0399. The number of fused-ring (bicyclic) bond motifs is 1. The maximum atomic E-state index is 13.6. The highest BCUT2D eigenvalue weighted by molar-refractivity contribution is 7.13. The van der Waals surface area contributed by atoms with Crippen molar-refractivity contribution in [3.05, 3.63) is 76.3 Å². The fourth-order valence-corrected chi connectivity index (χ4v) is 4.88. The Labute approximate surface area is 201 Å². The van der Waals surface area contributed by atoms with E-state index in [1.54, 1.807) is 43.5 Å². The molecule has 0 saturated heterocycles. The summed E-state index contributed by atoms with van der Waals surface area (Å²) in [6.45, 7) is 2.04. The Bertz CT molecular complexity index is 1210. The van der Waals surface area contributed by atoms with Gasteiger partial charge in [-0.2, -0.15) is 0 Å². The van der Waals surface area contributed by atoms with E-state index in [-0.39, 0.29) is 24.2 Å². The number of ether oxygens (including phenoxy) is 2. The Morgan fingerprint density at radius 2 is 1.88 bits per heavy atom. The number of nitrogens with one attached hydrogen (secondary N) is 1. The monoisotopic (exact) mass is 479 g/mol. The molecule has 0 bridgehead atoms. The summed E-state index contributed by atoms with van der Waals surface area (Å²) in [5.41, 5.74) is 2.50. The molecule has 2 aromatic carbocycles. The van der Waals surface area contributed by atoms with Gasteiger partial charge in [0.2, 0.25) is 5.91 Å². The van der Waals surface area contributed by atoms with Gasteiger partial charge in [-0.1, -0.05) is 30.3 Å². The van der Waals surface area contributed by atoms with Crippen LogP contribution < -0.4 is 10.1 Å². The van der Waals surface area contributed by atoms with Crippen LogP contribution in [0.1, 0.15) is 46.1 Å². The lowest BCUT2D eigenvalue weighted by atomic mass is 9.79. The van der Waals surface area contributed by atoms with Crippen molar-refractivity contribution >= 4 is 34.3 Å². The van der Waals surface area contributed by atoms with E-state index in [0.29, 0.717) is 34.3 Å². The average Bonchev–Trinajstić information content (AvgIpc) is 3.27. The number of rotatable bonds is 7. The molecule has 34 heavy (non-hydrogen) atoms. The first-order valence-electron chi connectivity index (χ1n) is 10.8. The summed E-state index contributed by atoms with van der Waals surface area (Å²) >= 11 is 1.24. The summed E-state index contributed by atoms with van der Waals surface area (Å²) in [6, 6.07) is 14.0. The van der Waals surface area contributed by atoms with E-state index in [9.17, 15) is 14.4 Å². The molecule has 1 aliphatic heterocycles.